The molecule has 1 atom stereocenters. The molecule has 11 heavy (non-hydrogen) atoms. The Morgan fingerprint density at radius 1 is 1.27 bits per heavy atom. The van der Waals surface area contributed by atoms with Crippen molar-refractivity contribution in [2.75, 3.05) is 0 Å². The normalized spacial score (nSPS) is 12.5. The van der Waals surface area contributed by atoms with Crippen molar-refractivity contribution in [1.82, 2.24) is 0 Å². The third-order valence-corrected chi connectivity index (χ3v) is 1.37. The second kappa shape index (κ2) is 4.71. The predicted octanol–water partition coefficient (Wildman–Crippen LogP) is 0.962. The summed E-state index contributed by atoms with van der Waals surface area (Å²) >= 11 is 0. The van der Waals surface area contributed by atoms with Crippen LogP contribution < -0.4 is 0 Å². The van der Waals surface area contributed by atoms with Gasteiger partial charge in [-0.1, -0.05) is 6.92 Å². The summed E-state index contributed by atoms with van der Waals surface area (Å²) in [7, 11) is 0. The molecular formula is C7H12O4. The van der Waals surface area contributed by atoms with Crippen molar-refractivity contribution in [3.8, 4) is 0 Å². The summed E-state index contributed by atoms with van der Waals surface area (Å²) < 4.78 is 0. The lowest BCUT2D eigenvalue weighted by atomic mass is 10.0. The van der Waals surface area contributed by atoms with Crippen LogP contribution >= 0.6 is 0 Å². The van der Waals surface area contributed by atoms with E-state index in [0.29, 0.717) is 6.42 Å². The molecule has 0 radical (unpaired) electrons. The minimum atomic E-state index is -0.873. The summed E-state index contributed by atoms with van der Waals surface area (Å²) in [4.78, 5) is 20.1. The first-order valence-electron chi connectivity index (χ1n) is 3.46. The van der Waals surface area contributed by atoms with E-state index in [1.165, 1.54) is 0 Å². The zero-order valence-corrected chi connectivity index (χ0v) is 6.41. The smallest absolute Gasteiger partial charge is 0.303 e. The molecule has 2 N–H and O–H groups in total. The van der Waals surface area contributed by atoms with Crippen molar-refractivity contribution < 1.29 is 19.8 Å². The van der Waals surface area contributed by atoms with Crippen molar-refractivity contribution in [2.45, 2.75) is 26.2 Å². The molecule has 0 unspecified atom stereocenters. The van der Waals surface area contributed by atoms with Crippen LogP contribution in [0, 0.1) is 5.92 Å². The molecule has 0 rings (SSSR count). The van der Waals surface area contributed by atoms with Crippen LogP contribution in [0.1, 0.15) is 26.2 Å². The first-order valence-corrected chi connectivity index (χ1v) is 3.46. The van der Waals surface area contributed by atoms with Crippen molar-refractivity contribution >= 4 is 11.9 Å². The van der Waals surface area contributed by atoms with Gasteiger partial charge in [0.25, 0.3) is 0 Å². The summed E-state index contributed by atoms with van der Waals surface area (Å²) in [6.45, 7) is 1.73. The first-order chi connectivity index (χ1) is 5.02. The highest BCUT2D eigenvalue weighted by Gasteiger charge is 2.08. The van der Waals surface area contributed by atoms with Gasteiger partial charge in [0.05, 0.1) is 0 Å². The summed E-state index contributed by atoms with van der Waals surface area (Å²) in [5.74, 6) is -1.80. The fourth-order valence-electron chi connectivity index (χ4n) is 0.770. The van der Waals surface area contributed by atoms with Gasteiger partial charge in [-0.05, 0) is 12.3 Å². The van der Waals surface area contributed by atoms with E-state index in [1.54, 1.807) is 6.92 Å². The van der Waals surface area contributed by atoms with E-state index < -0.39 is 11.9 Å². The SMILES string of the molecule is C[C@H](CCC(=O)O)CC(=O)O. The van der Waals surface area contributed by atoms with Gasteiger partial charge in [-0.15, -0.1) is 0 Å². The Morgan fingerprint density at radius 3 is 2.18 bits per heavy atom. The quantitative estimate of drug-likeness (QED) is 0.628. The molecule has 0 bridgehead atoms. The van der Waals surface area contributed by atoms with E-state index in [1.807, 2.05) is 0 Å². The Balaban J connectivity index is 3.44. The van der Waals surface area contributed by atoms with E-state index in [4.69, 9.17) is 10.2 Å². The number of carboxylic acid groups (broad SMARTS) is 2. The second-order valence-electron chi connectivity index (χ2n) is 2.64. The van der Waals surface area contributed by atoms with Crippen LogP contribution in [-0.4, -0.2) is 22.2 Å². The van der Waals surface area contributed by atoms with E-state index >= 15 is 0 Å². The average molecular weight is 160 g/mol. The molecule has 0 aromatic heterocycles. The summed E-state index contributed by atoms with van der Waals surface area (Å²) in [6.07, 6.45) is 0.531. The van der Waals surface area contributed by atoms with Crippen molar-refractivity contribution in [3.05, 3.63) is 0 Å². The lowest BCUT2D eigenvalue weighted by Gasteiger charge is -2.04. The Kier molecular flexibility index (Phi) is 4.26. The zero-order chi connectivity index (χ0) is 8.85. The molecule has 0 aliphatic heterocycles. The van der Waals surface area contributed by atoms with E-state index in [0.717, 1.165) is 0 Å². The number of carboxylic acids is 2. The number of carbonyl (C=O) groups is 2. The molecule has 0 spiro atoms. The standard InChI is InChI=1S/C7H12O4/c1-5(4-7(10)11)2-3-6(8)9/h5H,2-4H2,1H3,(H,8,9)(H,10,11)/t5-/m1/s1. The van der Waals surface area contributed by atoms with Gasteiger partial charge < -0.3 is 10.2 Å². The number of hydrogen-bond donors (Lipinski definition) is 2. The Hall–Kier alpha value is -1.06. The summed E-state index contributed by atoms with van der Waals surface area (Å²) in [5, 5.41) is 16.6. The fourth-order valence-corrected chi connectivity index (χ4v) is 0.770. The van der Waals surface area contributed by atoms with Gasteiger partial charge in [0.1, 0.15) is 0 Å². The van der Waals surface area contributed by atoms with E-state index in [-0.39, 0.29) is 18.8 Å². The number of aliphatic carboxylic acids is 2. The molecule has 0 aliphatic rings. The zero-order valence-electron chi connectivity index (χ0n) is 6.41. The van der Waals surface area contributed by atoms with Crippen LogP contribution in [-0.2, 0) is 9.59 Å². The number of rotatable bonds is 5. The van der Waals surface area contributed by atoms with Crippen molar-refractivity contribution in [3.63, 3.8) is 0 Å². The van der Waals surface area contributed by atoms with Gasteiger partial charge in [-0.25, -0.2) is 0 Å². The van der Waals surface area contributed by atoms with Gasteiger partial charge >= 0.3 is 11.9 Å². The Bertz CT molecular complexity index is 153. The molecule has 0 aromatic rings. The largest absolute Gasteiger partial charge is 0.481 e. The first kappa shape index (κ1) is 9.94. The van der Waals surface area contributed by atoms with Gasteiger partial charge in [0.15, 0.2) is 0 Å². The maximum absolute atomic E-state index is 10.1. The molecule has 0 heterocycles. The van der Waals surface area contributed by atoms with Crippen LogP contribution in [0.15, 0.2) is 0 Å². The lowest BCUT2D eigenvalue weighted by Crippen LogP contribution is -2.06. The van der Waals surface area contributed by atoms with Gasteiger partial charge in [-0.2, -0.15) is 0 Å². The third kappa shape index (κ3) is 6.83. The molecule has 0 aliphatic carbocycles. The maximum Gasteiger partial charge on any atom is 0.303 e. The van der Waals surface area contributed by atoms with Crippen LogP contribution in [0.3, 0.4) is 0 Å². The Morgan fingerprint density at radius 2 is 1.82 bits per heavy atom. The molecule has 4 nitrogen and oxygen atoms in total. The second-order valence-corrected chi connectivity index (χ2v) is 2.64. The fraction of sp³-hybridized carbons (Fsp3) is 0.714. The molecule has 4 heteroatoms. The minimum absolute atomic E-state index is 0.0489. The number of hydrogen-bond acceptors (Lipinski definition) is 2. The van der Waals surface area contributed by atoms with Gasteiger partial charge in [0, 0.05) is 12.8 Å². The summed E-state index contributed by atoms with van der Waals surface area (Å²) in [6, 6.07) is 0. The van der Waals surface area contributed by atoms with Crippen LogP contribution in [0.4, 0.5) is 0 Å². The van der Waals surface area contributed by atoms with Crippen LogP contribution in [0.25, 0.3) is 0 Å². The predicted molar refractivity (Wildman–Crippen MR) is 38.3 cm³/mol. The lowest BCUT2D eigenvalue weighted by molar-refractivity contribution is -0.140. The monoisotopic (exact) mass is 160 g/mol. The van der Waals surface area contributed by atoms with E-state index in [9.17, 15) is 9.59 Å². The highest BCUT2D eigenvalue weighted by molar-refractivity contribution is 5.68. The van der Waals surface area contributed by atoms with Gasteiger partial charge in [-0.3, -0.25) is 9.59 Å². The van der Waals surface area contributed by atoms with Crippen LogP contribution in [0.5, 0.6) is 0 Å². The molecule has 0 fully saturated rings. The molecule has 0 amide bonds. The summed E-state index contributed by atoms with van der Waals surface area (Å²) in [5.41, 5.74) is 0. The maximum atomic E-state index is 10.1. The molecule has 0 aromatic carbocycles. The highest BCUT2D eigenvalue weighted by atomic mass is 16.4. The molecular weight excluding hydrogens is 148 g/mol. The topological polar surface area (TPSA) is 74.6 Å². The Labute approximate surface area is 64.8 Å². The highest BCUT2D eigenvalue weighted by Crippen LogP contribution is 2.09. The molecule has 0 saturated heterocycles. The third-order valence-electron chi connectivity index (χ3n) is 1.37. The van der Waals surface area contributed by atoms with Gasteiger partial charge in [0.2, 0.25) is 0 Å². The van der Waals surface area contributed by atoms with Crippen LogP contribution in [0.2, 0.25) is 0 Å². The molecule has 64 valence electrons. The average Bonchev–Trinajstić information content (AvgIpc) is 1.82. The van der Waals surface area contributed by atoms with Crippen molar-refractivity contribution in [2.24, 2.45) is 5.92 Å². The van der Waals surface area contributed by atoms with Crippen molar-refractivity contribution in [1.29, 1.82) is 0 Å². The minimum Gasteiger partial charge on any atom is -0.481 e. The molecule has 0 saturated carbocycles. The van der Waals surface area contributed by atoms with E-state index in [2.05, 4.69) is 0 Å².